The second-order valence-corrected chi connectivity index (χ2v) is 8.31. The van der Waals surface area contributed by atoms with Crippen LogP contribution in [-0.4, -0.2) is 35.5 Å². The predicted octanol–water partition coefficient (Wildman–Crippen LogP) is 3.01. The number of hydrogen-bond donors (Lipinski definition) is 1. The summed E-state index contributed by atoms with van der Waals surface area (Å²) in [6.45, 7) is 6.78. The van der Waals surface area contributed by atoms with E-state index >= 15 is 0 Å². The molecular weight excluding hydrogens is 296 g/mol. The van der Waals surface area contributed by atoms with Crippen molar-refractivity contribution < 1.29 is 24.4 Å². The summed E-state index contributed by atoms with van der Waals surface area (Å²) in [5.74, 6) is 1.12. The normalized spacial score (nSPS) is 55.3. The highest BCUT2D eigenvalue weighted by Gasteiger charge is 2.69. The summed E-state index contributed by atoms with van der Waals surface area (Å²) >= 11 is 0. The lowest BCUT2D eigenvalue weighted by Gasteiger charge is -2.60. The molecule has 0 amide bonds. The van der Waals surface area contributed by atoms with E-state index in [1.807, 2.05) is 6.92 Å². The van der Waals surface area contributed by atoms with Crippen molar-refractivity contribution >= 4 is 0 Å². The van der Waals surface area contributed by atoms with Crippen LogP contribution in [-0.2, 0) is 19.2 Å². The van der Waals surface area contributed by atoms with E-state index in [9.17, 15) is 5.11 Å². The fraction of sp³-hybridized carbons (Fsp3) is 1.00. The molecule has 0 aromatic carbocycles. The van der Waals surface area contributed by atoms with Gasteiger partial charge in [0.05, 0.1) is 6.10 Å². The molecule has 5 nitrogen and oxygen atoms in total. The van der Waals surface area contributed by atoms with Gasteiger partial charge in [-0.2, -0.15) is 0 Å². The molecular formula is C18H30O5. The van der Waals surface area contributed by atoms with Gasteiger partial charge in [-0.15, -0.1) is 0 Å². The maximum absolute atomic E-state index is 9.19. The molecule has 8 atom stereocenters. The molecule has 1 aliphatic carbocycles. The topological polar surface area (TPSA) is 57.2 Å². The van der Waals surface area contributed by atoms with Crippen LogP contribution in [0.5, 0.6) is 0 Å². The zero-order chi connectivity index (χ0) is 16.2. The van der Waals surface area contributed by atoms with Gasteiger partial charge in [0.1, 0.15) is 0 Å². The highest BCUT2D eigenvalue weighted by atomic mass is 17.3. The molecule has 1 saturated carbocycles. The molecule has 1 spiro atoms. The molecule has 2 unspecified atom stereocenters. The third kappa shape index (κ3) is 2.31. The quantitative estimate of drug-likeness (QED) is 0.808. The van der Waals surface area contributed by atoms with Crippen LogP contribution in [0.2, 0.25) is 0 Å². The molecule has 23 heavy (non-hydrogen) atoms. The molecule has 0 aromatic heterocycles. The monoisotopic (exact) mass is 326 g/mol. The van der Waals surface area contributed by atoms with E-state index in [0.29, 0.717) is 23.7 Å². The number of rotatable bonds is 3. The summed E-state index contributed by atoms with van der Waals surface area (Å²) in [6, 6.07) is 0. The van der Waals surface area contributed by atoms with Gasteiger partial charge in [-0.1, -0.05) is 13.8 Å². The summed E-state index contributed by atoms with van der Waals surface area (Å²) in [6.07, 6.45) is 5.73. The standard InChI is InChI=1S/C18H30O5/c1-11-6-7-14-12(2)15(5-4-10-19)20-16-18(14)13(11)8-9-17(3,21-16)22-23-18/h11-16,19H,4-10H2,1-3H3/t11-,12-,13+,14+,15-,16?,17?,18-/m1/s1. The second kappa shape index (κ2) is 5.67. The SMILES string of the molecule is C[C@H]1[C@@H](CCCO)OC2OC3(C)CC[C@H]4[C@H](C)CC[C@@H]1[C@@]24OO3. The lowest BCUT2D eigenvalue weighted by molar-refractivity contribution is -0.571. The smallest absolute Gasteiger partial charge is 0.201 e. The van der Waals surface area contributed by atoms with Crippen LogP contribution < -0.4 is 0 Å². The van der Waals surface area contributed by atoms with E-state index in [0.717, 1.165) is 32.1 Å². The lowest BCUT2D eigenvalue weighted by atomic mass is 9.57. The first kappa shape index (κ1) is 16.3. The van der Waals surface area contributed by atoms with Crippen LogP contribution >= 0.6 is 0 Å². The predicted molar refractivity (Wildman–Crippen MR) is 83.1 cm³/mol. The van der Waals surface area contributed by atoms with Crippen molar-refractivity contribution in [1.29, 1.82) is 0 Å². The van der Waals surface area contributed by atoms with Gasteiger partial charge in [0.15, 0.2) is 11.9 Å². The van der Waals surface area contributed by atoms with Gasteiger partial charge in [-0.25, -0.2) is 9.78 Å². The maximum Gasteiger partial charge on any atom is 0.201 e. The van der Waals surface area contributed by atoms with Crippen molar-refractivity contribution in [3.8, 4) is 0 Å². The number of aliphatic hydroxyl groups excluding tert-OH is 1. The maximum atomic E-state index is 9.19. The second-order valence-electron chi connectivity index (χ2n) is 8.31. The van der Waals surface area contributed by atoms with Gasteiger partial charge in [0.2, 0.25) is 5.79 Å². The van der Waals surface area contributed by atoms with Crippen LogP contribution in [0.25, 0.3) is 0 Å². The van der Waals surface area contributed by atoms with Gasteiger partial charge in [0, 0.05) is 18.9 Å². The molecule has 5 fully saturated rings. The summed E-state index contributed by atoms with van der Waals surface area (Å²) in [4.78, 5) is 11.9. The fourth-order valence-corrected chi connectivity index (χ4v) is 5.60. The molecule has 4 saturated heterocycles. The van der Waals surface area contributed by atoms with E-state index < -0.39 is 11.4 Å². The van der Waals surface area contributed by atoms with E-state index in [4.69, 9.17) is 19.2 Å². The number of ether oxygens (including phenoxy) is 2. The Balaban J connectivity index is 1.70. The molecule has 5 aliphatic rings. The van der Waals surface area contributed by atoms with Crippen molar-refractivity contribution in [2.24, 2.45) is 23.7 Å². The summed E-state index contributed by atoms with van der Waals surface area (Å²) in [5, 5.41) is 9.19. The van der Waals surface area contributed by atoms with Crippen molar-refractivity contribution in [2.75, 3.05) is 6.61 Å². The van der Waals surface area contributed by atoms with Gasteiger partial charge in [0.25, 0.3) is 0 Å². The molecule has 2 bridgehead atoms. The minimum absolute atomic E-state index is 0.128. The number of aliphatic hydroxyl groups is 1. The van der Waals surface area contributed by atoms with Gasteiger partial charge < -0.3 is 14.6 Å². The first-order valence-corrected chi connectivity index (χ1v) is 9.31. The van der Waals surface area contributed by atoms with Crippen LogP contribution in [0, 0.1) is 23.7 Å². The van der Waals surface area contributed by atoms with E-state index in [1.165, 1.54) is 6.42 Å². The summed E-state index contributed by atoms with van der Waals surface area (Å²) in [5.41, 5.74) is -0.456. The van der Waals surface area contributed by atoms with Crippen LogP contribution in [0.15, 0.2) is 0 Å². The van der Waals surface area contributed by atoms with Gasteiger partial charge in [-0.05, 0) is 56.8 Å². The highest BCUT2D eigenvalue weighted by molar-refractivity contribution is 5.09. The summed E-state index contributed by atoms with van der Waals surface area (Å²) < 4.78 is 12.7. The third-order valence-corrected chi connectivity index (χ3v) is 6.94. The molecule has 1 N–H and O–H groups in total. The van der Waals surface area contributed by atoms with E-state index in [1.54, 1.807) is 0 Å². The van der Waals surface area contributed by atoms with Gasteiger partial charge >= 0.3 is 0 Å². The third-order valence-electron chi connectivity index (χ3n) is 6.94. The molecule has 0 aromatic rings. The van der Waals surface area contributed by atoms with Crippen molar-refractivity contribution in [2.45, 2.75) is 83.1 Å². The van der Waals surface area contributed by atoms with E-state index in [-0.39, 0.29) is 19.0 Å². The summed E-state index contributed by atoms with van der Waals surface area (Å²) in [7, 11) is 0. The first-order chi connectivity index (χ1) is 11.0. The lowest BCUT2D eigenvalue weighted by Crippen LogP contribution is -2.70. The Hall–Kier alpha value is -0.200. The molecule has 4 heterocycles. The fourth-order valence-electron chi connectivity index (χ4n) is 5.60. The Morgan fingerprint density at radius 2 is 1.91 bits per heavy atom. The number of hydrogen-bond acceptors (Lipinski definition) is 5. The zero-order valence-electron chi connectivity index (χ0n) is 14.5. The Bertz CT molecular complexity index is 457. The highest BCUT2D eigenvalue weighted by Crippen LogP contribution is 2.60. The molecule has 4 aliphatic heterocycles. The van der Waals surface area contributed by atoms with Crippen LogP contribution in [0.4, 0.5) is 0 Å². The number of fused-ring (bicyclic) bond motifs is 2. The minimum Gasteiger partial charge on any atom is -0.396 e. The average molecular weight is 326 g/mol. The molecule has 0 radical (unpaired) electrons. The van der Waals surface area contributed by atoms with Crippen molar-refractivity contribution in [3.05, 3.63) is 0 Å². The largest absolute Gasteiger partial charge is 0.396 e. The average Bonchev–Trinajstić information content (AvgIpc) is 2.76. The Labute approximate surface area is 138 Å². The van der Waals surface area contributed by atoms with Crippen LogP contribution in [0.3, 0.4) is 0 Å². The van der Waals surface area contributed by atoms with Crippen LogP contribution in [0.1, 0.15) is 59.3 Å². The van der Waals surface area contributed by atoms with Crippen molar-refractivity contribution in [1.82, 2.24) is 0 Å². The molecule has 5 rings (SSSR count). The first-order valence-electron chi connectivity index (χ1n) is 9.31. The Kier molecular flexibility index (Phi) is 4.01. The Morgan fingerprint density at radius 1 is 1.09 bits per heavy atom. The minimum atomic E-state index is -0.695. The van der Waals surface area contributed by atoms with Gasteiger partial charge in [-0.3, -0.25) is 0 Å². The van der Waals surface area contributed by atoms with Crippen molar-refractivity contribution in [3.63, 3.8) is 0 Å². The molecule has 132 valence electrons. The molecule has 5 heteroatoms. The Morgan fingerprint density at radius 3 is 2.70 bits per heavy atom. The van der Waals surface area contributed by atoms with E-state index in [2.05, 4.69) is 13.8 Å². The zero-order valence-corrected chi connectivity index (χ0v) is 14.5.